The van der Waals surface area contributed by atoms with E-state index in [1.54, 1.807) is 0 Å². The van der Waals surface area contributed by atoms with Crippen LogP contribution in [0.5, 0.6) is 0 Å². The van der Waals surface area contributed by atoms with Crippen LogP contribution in [0, 0.1) is 5.92 Å². The fraction of sp³-hybridized carbons (Fsp3) is 0.647. The van der Waals surface area contributed by atoms with Gasteiger partial charge in [-0.25, -0.2) is 0 Å². The summed E-state index contributed by atoms with van der Waals surface area (Å²) < 4.78 is 0. The van der Waals surface area contributed by atoms with Crippen molar-refractivity contribution in [2.24, 2.45) is 11.7 Å². The lowest BCUT2D eigenvalue weighted by molar-refractivity contribution is 0.0860. The van der Waals surface area contributed by atoms with Crippen molar-refractivity contribution in [2.75, 3.05) is 20.2 Å². The van der Waals surface area contributed by atoms with Crippen molar-refractivity contribution in [3.05, 3.63) is 35.9 Å². The maximum absolute atomic E-state index is 9.80. The SMILES string of the molecule is CC1CCCCC1N(C)CC(N)(CO)c1ccccc1. The fourth-order valence-electron chi connectivity index (χ4n) is 3.52. The number of nitrogens with two attached hydrogens (primary N) is 1. The van der Waals surface area contributed by atoms with E-state index >= 15 is 0 Å². The van der Waals surface area contributed by atoms with Crippen LogP contribution in [0.15, 0.2) is 30.3 Å². The van der Waals surface area contributed by atoms with Crippen LogP contribution in [0.3, 0.4) is 0 Å². The summed E-state index contributed by atoms with van der Waals surface area (Å²) in [5, 5.41) is 9.80. The average molecular weight is 276 g/mol. The number of aliphatic hydroxyl groups is 1. The van der Waals surface area contributed by atoms with Gasteiger partial charge in [0.15, 0.2) is 0 Å². The molecule has 1 aliphatic carbocycles. The van der Waals surface area contributed by atoms with E-state index in [4.69, 9.17) is 5.73 Å². The van der Waals surface area contributed by atoms with Crippen molar-refractivity contribution in [1.29, 1.82) is 0 Å². The van der Waals surface area contributed by atoms with Gasteiger partial charge in [0.05, 0.1) is 12.1 Å². The first-order valence-corrected chi connectivity index (χ1v) is 7.72. The lowest BCUT2D eigenvalue weighted by Crippen LogP contribution is -2.53. The largest absolute Gasteiger partial charge is 0.394 e. The number of hydrogen-bond donors (Lipinski definition) is 2. The molecule has 2 rings (SSSR count). The Morgan fingerprint density at radius 3 is 2.50 bits per heavy atom. The molecule has 0 aromatic heterocycles. The second-order valence-corrected chi connectivity index (χ2v) is 6.42. The number of benzene rings is 1. The average Bonchev–Trinajstić information content (AvgIpc) is 2.48. The second-order valence-electron chi connectivity index (χ2n) is 6.42. The quantitative estimate of drug-likeness (QED) is 0.868. The van der Waals surface area contributed by atoms with E-state index in [0.29, 0.717) is 18.5 Å². The molecule has 0 bridgehead atoms. The molecule has 1 saturated carbocycles. The molecule has 1 aromatic carbocycles. The Kier molecular flexibility index (Phi) is 5.19. The first-order valence-electron chi connectivity index (χ1n) is 7.72. The highest BCUT2D eigenvalue weighted by Crippen LogP contribution is 2.29. The summed E-state index contributed by atoms with van der Waals surface area (Å²) in [6.07, 6.45) is 5.20. The summed E-state index contributed by atoms with van der Waals surface area (Å²) in [6, 6.07) is 10.5. The van der Waals surface area contributed by atoms with Gasteiger partial charge in [-0.15, -0.1) is 0 Å². The molecule has 0 saturated heterocycles. The number of rotatable bonds is 5. The first-order chi connectivity index (χ1) is 9.57. The molecule has 3 nitrogen and oxygen atoms in total. The summed E-state index contributed by atoms with van der Waals surface area (Å²) >= 11 is 0. The summed E-state index contributed by atoms with van der Waals surface area (Å²) in [5.74, 6) is 0.715. The zero-order valence-electron chi connectivity index (χ0n) is 12.8. The van der Waals surface area contributed by atoms with Gasteiger partial charge in [-0.2, -0.15) is 0 Å². The van der Waals surface area contributed by atoms with Crippen LogP contribution in [0.4, 0.5) is 0 Å². The number of nitrogens with zero attached hydrogens (tertiary/aromatic N) is 1. The van der Waals surface area contributed by atoms with Gasteiger partial charge in [-0.3, -0.25) is 0 Å². The third-order valence-corrected chi connectivity index (χ3v) is 4.79. The van der Waals surface area contributed by atoms with E-state index < -0.39 is 5.54 Å². The molecule has 0 amide bonds. The van der Waals surface area contributed by atoms with E-state index in [1.807, 2.05) is 30.3 Å². The Balaban J connectivity index is 2.09. The van der Waals surface area contributed by atoms with E-state index in [-0.39, 0.29) is 6.61 Å². The van der Waals surface area contributed by atoms with Gasteiger partial charge in [0.25, 0.3) is 0 Å². The minimum absolute atomic E-state index is 0.0253. The smallest absolute Gasteiger partial charge is 0.0772 e. The third kappa shape index (κ3) is 3.40. The monoisotopic (exact) mass is 276 g/mol. The van der Waals surface area contributed by atoms with Crippen molar-refractivity contribution >= 4 is 0 Å². The lowest BCUT2D eigenvalue weighted by atomic mass is 9.83. The minimum atomic E-state index is -0.673. The predicted octanol–water partition coefficient (Wildman–Crippen LogP) is 2.34. The second kappa shape index (κ2) is 6.70. The molecule has 3 unspecified atom stereocenters. The molecule has 3 N–H and O–H groups in total. The molecule has 0 radical (unpaired) electrons. The standard InChI is InChI=1S/C17H28N2O/c1-14-8-6-7-11-16(14)19(2)12-17(18,13-20)15-9-4-3-5-10-15/h3-5,9-10,14,16,20H,6-8,11-13,18H2,1-2H3. The minimum Gasteiger partial charge on any atom is -0.394 e. The Hall–Kier alpha value is -0.900. The Morgan fingerprint density at radius 2 is 1.90 bits per heavy atom. The van der Waals surface area contributed by atoms with Crippen molar-refractivity contribution < 1.29 is 5.11 Å². The molecular formula is C17H28N2O. The molecule has 1 aromatic rings. The molecule has 3 heteroatoms. The normalized spacial score (nSPS) is 26.4. The molecular weight excluding hydrogens is 248 g/mol. The molecule has 0 heterocycles. The molecule has 0 spiro atoms. The molecule has 20 heavy (non-hydrogen) atoms. The van der Waals surface area contributed by atoms with Gasteiger partial charge in [-0.05, 0) is 31.4 Å². The molecule has 1 fully saturated rings. The van der Waals surface area contributed by atoms with Crippen molar-refractivity contribution in [3.63, 3.8) is 0 Å². The van der Waals surface area contributed by atoms with Gasteiger partial charge < -0.3 is 15.7 Å². The van der Waals surface area contributed by atoms with Crippen LogP contribution in [-0.4, -0.2) is 36.2 Å². The first kappa shape index (κ1) is 15.5. The highest BCUT2D eigenvalue weighted by Gasteiger charge is 2.32. The third-order valence-electron chi connectivity index (χ3n) is 4.79. The Morgan fingerprint density at radius 1 is 1.25 bits per heavy atom. The van der Waals surface area contributed by atoms with Crippen molar-refractivity contribution in [2.45, 2.75) is 44.2 Å². The van der Waals surface area contributed by atoms with Gasteiger partial charge in [-0.1, -0.05) is 50.1 Å². The van der Waals surface area contributed by atoms with Crippen LogP contribution >= 0.6 is 0 Å². The molecule has 112 valence electrons. The van der Waals surface area contributed by atoms with Crippen LogP contribution in [0.1, 0.15) is 38.2 Å². The van der Waals surface area contributed by atoms with Gasteiger partial charge in [0, 0.05) is 12.6 Å². The van der Waals surface area contributed by atoms with Gasteiger partial charge >= 0.3 is 0 Å². The predicted molar refractivity (Wildman–Crippen MR) is 83.4 cm³/mol. The zero-order valence-corrected chi connectivity index (χ0v) is 12.8. The summed E-state index contributed by atoms with van der Waals surface area (Å²) in [6.45, 7) is 3.00. The van der Waals surface area contributed by atoms with E-state index in [9.17, 15) is 5.11 Å². The van der Waals surface area contributed by atoms with E-state index in [1.165, 1.54) is 25.7 Å². The maximum Gasteiger partial charge on any atom is 0.0772 e. The van der Waals surface area contributed by atoms with E-state index in [2.05, 4.69) is 18.9 Å². The van der Waals surface area contributed by atoms with Gasteiger partial charge in [0.2, 0.25) is 0 Å². The highest BCUT2D eigenvalue weighted by molar-refractivity contribution is 5.24. The number of hydrogen-bond acceptors (Lipinski definition) is 3. The maximum atomic E-state index is 9.80. The molecule has 0 aliphatic heterocycles. The van der Waals surface area contributed by atoms with E-state index in [0.717, 1.165) is 5.56 Å². The van der Waals surface area contributed by atoms with Crippen LogP contribution < -0.4 is 5.73 Å². The number of aliphatic hydroxyl groups excluding tert-OH is 1. The lowest BCUT2D eigenvalue weighted by Gasteiger charge is -2.41. The van der Waals surface area contributed by atoms with Crippen LogP contribution in [0.2, 0.25) is 0 Å². The number of likely N-dealkylation sites (N-methyl/N-ethyl adjacent to an activating group) is 1. The summed E-state index contributed by atoms with van der Waals surface area (Å²) in [7, 11) is 2.15. The topological polar surface area (TPSA) is 49.5 Å². The summed E-state index contributed by atoms with van der Waals surface area (Å²) in [4.78, 5) is 2.35. The summed E-state index contributed by atoms with van der Waals surface area (Å²) in [5.41, 5.74) is 6.82. The molecule has 1 aliphatic rings. The van der Waals surface area contributed by atoms with Gasteiger partial charge in [0.1, 0.15) is 0 Å². The van der Waals surface area contributed by atoms with Crippen LogP contribution in [0.25, 0.3) is 0 Å². The van der Waals surface area contributed by atoms with Crippen molar-refractivity contribution in [1.82, 2.24) is 4.90 Å². The van der Waals surface area contributed by atoms with Crippen molar-refractivity contribution in [3.8, 4) is 0 Å². The Labute approximate surface area is 122 Å². The van der Waals surface area contributed by atoms with Crippen LogP contribution in [-0.2, 0) is 5.54 Å². The highest BCUT2D eigenvalue weighted by atomic mass is 16.3. The molecule has 3 atom stereocenters. The fourth-order valence-corrected chi connectivity index (χ4v) is 3.52. The Bertz CT molecular complexity index is 409. The zero-order chi connectivity index (χ0) is 14.6.